The Morgan fingerprint density at radius 3 is 2.57 bits per heavy atom. The Kier molecular flexibility index (Phi) is 2.43. The highest BCUT2D eigenvalue weighted by Crippen LogP contribution is 2.33. The van der Waals surface area contributed by atoms with Gasteiger partial charge < -0.3 is 0 Å². The van der Waals surface area contributed by atoms with E-state index in [-0.39, 0.29) is 0 Å². The first-order chi connectivity index (χ1) is 6.55. The highest BCUT2D eigenvalue weighted by atomic mass is 32.2. The van der Waals surface area contributed by atoms with Crippen molar-refractivity contribution in [1.29, 1.82) is 0 Å². The molecule has 1 unspecified atom stereocenters. The number of nitrogens with zero attached hydrogens (tertiary/aromatic N) is 1. The SMILES string of the molecule is FC(F)(F)c1ccc(CC2CS2)cn1. The van der Waals surface area contributed by atoms with Crippen LogP contribution in [0.5, 0.6) is 0 Å². The molecule has 1 saturated heterocycles. The van der Waals surface area contributed by atoms with E-state index in [0.29, 0.717) is 5.25 Å². The molecule has 0 radical (unpaired) electrons. The lowest BCUT2D eigenvalue weighted by atomic mass is 10.1. The summed E-state index contributed by atoms with van der Waals surface area (Å²) in [6.45, 7) is 0. The van der Waals surface area contributed by atoms with Crippen molar-refractivity contribution in [3.8, 4) is 0 Å². The number of hydrogen-bond donors (Lipinski definition) is 0. The van der Waals surface area contributed by atoms with E-state index in [1.54, 1.807) is 0 Å². The van der Waals surface area contributed by atoms with Gasteiger partial charge >= 0.3 is 6.18 Å². The van der Waals surface area contributed by atoms with Gasteiger partial charge in [-0.15, -0.1) is 0 Å². The van der Waals surface area contributed by atoms with Crippen LogP contribution in [0.4, 0.5) is 13.2 Å². The maximum atomic E-state index is 12.1. The van der Waals surface area contributed by atoms with Gasteiger partial charge in [0.1, 0.15) is 5.69 Å². The molecule has 1 aliphatic rings. The number of thioether (sulfide) groups is 1. The molecule has 2 rings (SSSR count). The van der Waals surface area contributed by atoms with Gasteiger partial charge in [0.2, 0.25) is 0 Å². The summed E-state index contributed by atoms with van der Waals surface area (Å²) in [5.41, 5.74) is 0.0673. The molecular formula is C9H8F3NS. The minimum Gasteiger partial charge on any atom is -0.252 e. The fraction of sp³-hybridized carbons (Fsp3) is 0.444. The molecule has 1 fully saturated rings. The summed E-state index contributed by atoms with van der Waals surface area (Å²) >= 11 is 1.82. The van der Waals surface area contributed by atoms with Gasteiger partial charge in [0.05, 0.1) is 0 Å². The van der Waals surface area contributed by atoms with Crippen LogP contribution in [0.1, 0.15) is 11.3 Å². The van der Waals surface area contributed by atoms with Crippen LogP contribution in [-0.4, -0.2) is 16.0 Å². The maximum absolute atomic E-state index is 12.1. The number of rotatable bonds is 2. The first-order valence-electron chi connectivity index (χ1n) is 4.19. The van der Waals surface area contributed by atoms with E-state index in [2.05, 4.69) is 4.98 Å². The highest BCUT2D eigenvalue weighted by molar-refractivity contribution is 8.06. The number of aromatic nitrogens is 1. The van der Waals surface area contributed by atoms with Crippen LogP contribution in [0.25, 0.3) is 0 Å². The lowest BCUT2D eigenvalue weighted by molar-refractivity contribution is -0.141. The first-order valence-corrected chi connectivity index (χ1v) is 5.24. The van der Waals surface area contributed by atoms with Crippen LogP contribution in [0.2, 0.25) is 0 Å². The largest absolute Gasteiger partial charge is 0.433 e. The fourth-order valence-electron chi connectivity index (χ4n) is 1.16. The van der Waals surface area contributed by atoms with E-state index in [1.165, 1.54) is 12.3 Å². The van der Waals surface area contributed by atoms with Crippen molar-refractivity contribution in [3.63, 3.8) is 0 Å². The second kappa shape index (κ2) is 3.46. The van der Waals surface area contributed by atoms with Crippen LogP contribution in [-0.2, 0) is 12.6 Å². The molecule has 0 N–H and O–H groups in total. The van der Waals surface area contributed by atoms with Gasteiger partial charge in [-0.25, -0.2) is 0 Å². The molecule has 1 aliphatic heterocycles. The summed E-state index contributed by atoms with van der Waals surface area (Å²) < 4.78 is 36.4. The zero-order valence-electron chi connectivity index (χ0n) is 7.21. The minimum absolute atomic E-state index is 0.591. The van der Waals surface area contributed by atoms with Crippen molar-refractivity contribution in [2.24, 2.45) is 0 Å². The summed E-state index contributed by atoms with van der Waals surface area (Å²) in [6, 6.07) is 2.55. The molecule has 0 saturated carbocycles. The molecule has 1 nitrogen and oxygen atoms in total. The van der Waals surface area contributed by atoms with Gasteiger partial charge in [0.25, 0.3) is 0 Å². The normalized spacial score (nSPS) is 20.9. The third kappa shape index (κ3) is 2.41. The van der Waals surface area contributed by atoms with Crippen LogP contribution < -0.4 is 0 Å². The molecule has 0 amide bonds. The molecule has 14 heavy (non-hydrogen) atoms. The van der Waals surface area contributed by atoms with Crippen molar-refractivity contribution < 1.29 is 13.2 Å². The molecule has 2 heterocycles. The third-order valence-corrected chi connectivity index (χ3v) is 2.95. The molecule has 1 atom stereocenters. The summed E-state index contributed by atoms with van der Waals surface area (Å²) in [6.07, 6.45) is -2.18. The first kappa shape index (κ1) is 9.83. The van der Waals surface area contributed by atoms with Crippen molar-refractivity contribution in [1.82, 2.24) is 4.98 Å². The summed E-state index contributed by atoms with van der Waals surface area (Å²) in [5.74, 6) is 1.11. The highest BCUT2D eigenvalue weighted by Gasteiger charge is 2.32. The second-order valence-electron chi connectivity index (χ2n) is 3.21. The average Bonchev–Trinajstić information content (AvgIpc) is 2.88. The predicted octanol–water partition coefficient (Wildman–Crippen LogP) is 2.76. The van der Waals surface area contributed by atoms with Crippen molar-refractivity contribution in [3.05, 3.63) is 29.6 Å². The van der Waals surface area contributed by atoms with E-state index >= 15 is 0 Å². The van der Waals surface area contributed by atoms with E-state index < -0.39 is 11.9 Å². The zero-order valence-corrected chi connectivity index (χ0v) is 8.03. The molecule has 1 aromatic heterocycles. The fourth-order valence-corrected chi connectivity index (χ4v) is 1.73. The Morgan fingerprint density at radius 2 is 2.14 bits per heavy atom. The van der Waals surface area contributed by atoms with E-state index in [1.807, 2.05) is 11.8 Å². The molecule has 76 valence electrons. The number of pyridine rings is 1. The summed E-state index contributed by atoms with van der Waals surface area (Å²) in [5, 5.41) is 0.591. The van der Waals surface area contributed by atoms with Gasteiger partial charge in [0, 0.05) is 17.2 Å². The molecule has 0 aromatic carbocycles. The standard InChI is InChI=1S/C9H8F3NS/c10-9(11,12)8-2-1-6(4-13-8)3-7-5-14-7/h1-2,4,7H,3,5H2. The van der Waals surface area contributed by atoms with Gasteiger partial charge in [-0.05, 0) is 18.1 Å². The van der Waals surface area contributed by atoms with Crippen LogP contribution in [0, 0.1) is 0 Å². The van der Waals surface area contributed by atoms with Crippen LogP contribution in [0.15, 0.2) is 18.3 Å². The Morgan fingerprint density at radius 1 is 1.43 bits per heavy atom. The smallest absolute Gasteiger partial charge is 0.252 e. The Hall–Kier alpha value is -0.710. The number of hydrogen-bond acceptors (Lipinski definition) is 2. The van der Waals surface area contributed by atoms with Crippen molar-refractivity contribution in [2.75, 3.05) is 5.75 Å². The third-order valence-electron chi connectivity index (χ3n) is 1.98. The Labute approximate surface area is 83.7 Å². The molecule has 1 aromatic rings. The van der Waals surface area contributed by atoms with Crippen molar-refractivity contribution >= 4 is 11.8 Å². The van der Waals surface area contributed by atoms with E-state index in [9.17, 15) is 13.2 Å². The van der Waals surface area contributed by atoms with E-state index in [4.69, 9.17) is 0 Å². The molecule has 0 bridgehead atoms. The topological polar surface area (TPSA) is 12.9 Å². The summed E-state index contributed by atoms with van der Waals surface area (Å²) in [7, 11) is 0. The number of halogens is 3. The lowest BCUT2D eigenvalue weighted by Crippen LogP contribution is -2.08. The maximum Gasteiger partial charge on any atom is 0.433 e. The monoisotopic (exact) mass is 219 g/mol. The predicted molar refractivity (Wildman–Crippen MR) is 49.2 cm³/mol. The summed E-state index contributed by atoms with van der Waals surface area (Å²) in [4.78, 5) is 3.40. The van der Waals surface area contributed by atoms with Gasteiger partial charge in [0.15, 0.2) is 0 Å². The van der Waals surface area contributed by atoms with Gasteiger partial charge in [-0.3, -0.25) is 4.98 Å². The van der Waals surface area contributed by atoms with Gasteiger partial charge in [-0.1, -0.05) is 6.07 Å². The molecule has 5 heteroatoms. The van der Waals surface area contributed by atoms with Crippen LogP contribution >= 0.6 is 11.8 Å². The molecule has 0 aliphatic carbocycles. The van der Waals surface area contributed by atoms with Crippen molar-refractivity contribution in [2.45, 2.75) is 17.8 Å². The van der Waals surface area contributed by atoms with E-state index in [0.717, 1.165) is 23.8 Å². The van der Waals surface area contributed by atoms with Crippen LogP contribution in [0.3, 0.4) is 0 Å². The molecule has 0 spiro atoms. The lowest BCUT2D eigenvalue weighted by Gasteiger charge is -2.05. The average molecular weight is 219 g/mol. The number of alkyl halides is 3. The Bertz CT molecular complexity index is 316. The zero-order chi connectivity index (χ0) is 10.2. The minimum atomic E-state index is -4.33. The van der Waals surface area contributed by atoms with Gasteiger partial charge in [-0.2, -0.15) is 24.9 Å². The quantitative estimate of drug-likeness (QED) is 0.709. The molecular weight excluding hydrogens is 211 g/mol. The second-order valence-corrected chi connectivity index (χ2v) is 4.54. The Balaban J connectivity index is 2.08.